The second-order valence-electron chi connectivity index (χ2n) is 4.91. The van der Waals surface area contributed by atoms with Crippen LogP contribution in [-0.4, -0.2) is 12.1 Å². The molecule has 3 rings (SSSR count). The molecule has 2 aromatic carbocycles. The van der Waals surface area contributed by atoms with Gasteiger partial charge in [-0.2, -0.15) is 13.2 Å². The lowest BCUT2D eigenvalue weighted by atomic mass is 10.1. The summed E-state index contributed by atoms with van der Waals surface area (Å²) in [5.74, 6) is -2.27. The second-order valence-corrected chi connectivity index (χ2v) is 4.91. The third-order valence-electron chi connectivity index (χ3n) is 3.33. The van der Waals surface area contributed by atoms with Gasteiger partial charge in [-0.1, -0.05) is 30.3 Å². The number of benzene rings is 2. The maximum Gasteiger partial charge on any atom is 0.468 e. The van der Waals surface area contributed by atoms with E-state index in [1.54, 1.807) is 30.3 Å². The van der Waals surface area contributed by atoms with Crippen molar-refractivity contribution in [1.29, 1.82) is 0 Å². The van der Waals surface area contributed by atoms with Crippen LogP contribution < -0.4 is 4.74 Å². The van der Waals surface area contributed by atoms with Crippen molar-refractivity contribution in [3.63, 3.8) is 0 Å². The van der Waals surface area contributed by atoms with E-state index >= 15 is 0 Å². The van der Waals surface area contributed by atoms with Gasteiger partial charge in [-0.25, -0.2) is 9.37 Å². The first kappa shape index (κ1) is 16.0. The van der Waals surface area contributed by atoms with Crippen LogP contribution in [0.5, 0.6) is 5.75 Å². The number of nitrogens with zero attached hydrogens (tertiary/aromatic N) is 1. The van der Waals surface area contributed by atoms with Crippen molar-refractivity contribution in [2.75, 3.05) is 7.11 Å². The number of ether oxygens (including phenoxy) is 1. The maximum absolute atomic E-state index is 13.9. The highest BCUT2D eigenvalue weighted by molar-refractivity contribution is 5.77. The van der Waals surface area contributed by atoms with Crippen LogP contribution in [0.3, 0.4) is 0 Å². The summed E-state index contributed by atoms with van der Waals surface area (Å²) in [5, 5.41) is 0. The van der Waals surface area contributed by atoms with Crippen LogP contribution in [0.25, 0.3) is 22.6 Å². The molecule has 7 heteroatoms. The fourth-order valence-corrected chi connectivity index (χ4v) is 2.24. The SMILES string of the molecule is COc1ccc(-c2oc(C(F)(F)F)nc2-c2ccccc2)cc1F. The van der Waals surface area contributed by atoms with Gasteiger partial charge in [-0.05, 0) is 18.2 Å². The summed E-state index contributed by atoms with van der Waals surface area (Å²) in [6, 6.07) is 12.0. The van der Waals surface area contributed by atoms with Crippen molar-refractivity contribution >= 4 is 0 Å². The molecule has 1 aromatic heterocycles. The summed E-state index contributed by atoms with van der Waals surface area (Å²) >= 11 is 0. The highest BCUT2D eigenvalue weighted by Gasteiger charge is 2.39. The summed E-state index contributed by atoms with van der Waals surface area (Å²) in [5.41, 5.74) is 0.561. The normalized spacial score (nSPS) is 11.5. The summed E-state index contributed by atoms with van der Waals surface area (Å²) in [6.45, 7) is 0. The zero-order chi connectivity index (χ0) is 17.3. The Morgan fingerprint density at radius 1 is 1.00 bits per heavy atom. The molecule has 0 aliphatic carbocycles. The van der Waals surface area contributed by atoms with Gasteiger partial charge in [0.05, 0.1) is 7.11 Å². The van der Waals surface area contributed by atoms with E-state index in [0.717, 1.165) is 6.07 Å². The minimum atomic E-state index is -4.74. The summed E-state index contributed by atoms with van der Waals surface area (Å²) in [6.07, 6.45) is -4.74. The van der Waals surface area contributed by atoms with Crippen LogP contribution in [0, 0.1) is 5.82 Å². The highest BCUT2D eigenvalue weighted by atomic mass is 19.4. The van der Waals surface area contributed by atoms with E-state index in [1.807, 2.05) is 0 Å². The van der Waals surface area contributed by atoms with Crippen LogP contribution >= 0.6 is 0 Å². The minimum Gasteiger partial charge on any atom is -0.494 e. The number of hydrogen-bond acceptors (Lipinski definition) is 3. The largest absolute Gasteiger partial charge is 0.494 e. The van der Waals surface area contributed by atoms with Crippen molar-refractivity contribution in [2.45, 2.75) is 6.18 Å². The van der Waals surface area contributed by atoms with Gasteiger partial charge in [-0.3, -0.25) is 0 Å². The molecule has 0 spiro atoms. The standard InChI is InChI=1S/C17H11F4NO2/c1-23-13-8-7-11(9-12(13)18)15-14(10-5-3-2-4-6-10)22-16(24-15)17(19,20)21/h2-9H,1H3. The molecule has 0 saturated heterocycles. The fourth-order valence-electron chi connectivity index (χ4n) is 2.24. The number of rotatable bonds is 3. The van der Waals surface area contributed by atoms with E-state index in [2.05, 4.69) is 4.98 Å². The van der Waals surface area contributed by atoms with Crippen LogP contribution in [0.2, 0.25) is 0 Å². The van der Waals surface area contributed by atoms with Gasteiger partial charge >= 0.3 is 12.1 Å². The Morgan fingerprint density at radius 2 is 1.71 bits per heavy atom. The molecule has 0 N–H and O–H groups in total. The molecule has 1 heterocycles. The molecule has 0 radical (unpaired) electrons. The average molecular weight is 337 g/mol. The molecule has 0 aliphatic rings. The quantitative estimate of drug-likeness (QED) is 0.618. The van der Waals surface area contributed by atoms with Crippen molar-refractivity contribution in [3.05, 3.63) is 60.2 Å². The predicted octanol–water partition coefficient (Wildman–Crippen LogP) is 5.18. The Morgan fingerprint density at radius 3 is 2.29 bits per heavy atom. The molecule has 0 bridgehead atoms. The molecule has 0 amide bonds. The molecule has 124 valence electrons. The third kappa shape index (κ3) is 2.97. The van der Waals surface area contributed by atoms with Crippen LogP contribution in [0.1, 0.15) is 5.89 Å². The summed E-state index contributed by atoms with van der Waals surface area (Å²) < 4.78 is 62.5. The molecule has 3 aromatic rings. The smallest absolute Gasteiger partial charge is 0.468 e. The van der Waals surface area contributed by atoms with Gasteiger partial charge in [0.25, 0.3) is 0 Å². The topological polar surface area (TPSA) is 35.3 Å². The van der Waals surface area contributed by atoms with E-state index in [4.69, 9.17) is 9.15 Å². The molecule has 24 heavy (non-hydrogen) atoms. The van der Waals surface area contributed by atoms with Gasteiger partial charge in [0.2, 0.25) is 0 Å². The zero-order valence-corrected chi connectivity index (χ0v) is 12.4. The molecule has 3 nitrogen and oxygen atoms in total. The third-order valence-corrected chi connectivity index (χ3v) is 3.33. The van der Waals surface area contributed by atoms with E-state index < -0.39 is 17.9 Å². The first-order chi connectivity index (χ1) is 11.4. The van der Waals surface area contributed by atoms with E-state index in [9.17, 15) is 17.6 Å². The maximum atomic E-state index is 13.9. The predicted molar refractivity (Wildman–Crippen MR) is 78.9 cm³/mol. The highest BCUT2D eigenvalue weighted by Crippen LogP contribution is 2.39. The summed E-state index contributed by atoms with van der Waals surface area (Å²) in [7, 11) is 1.30. The Kier molecular flexibility index (Phi) is 4.01. The number of hydrogen-bond donors (Lipinski definition) is 0. The number of halogens is 4. The van der Waals surface area contributed by atoms with Crippen molar-refractivity contribution < 1.29 is 26.7 Å². The van der Waals surface area contributed by atoms with Gasteiger partial charge in [0, 0.05) is 11.1 Å². The first-order valence-corrected chi connectivity index (χ1v) is 6.87. The second kappa shape index (κ2) is 5.99. The van der Waals surface area contributed by atoms with E-state index in [0.29, 0.717) is 5.56 Å². The summed E-state index contributed by atoms with van der Waals surface area (Å²) in [4.78, 5) is 3.55. The molecule has 0 unspecified atom stereocenters. The van der Waals surface area contributed by atoms with Gasteiger partial charge in [0.15, 0.2) is 17.3 Å². The lowest BCUT2D eigenvalue weighted by Gasteiger charge is -2.05. The van der Waals surface area contributed by atoms with Crippen molar-refractivity contribution in [2.24, 2.45) is 0 Å². The Balaban J connectivity index is 2.19. The van der Waals surface area contributed by atoms with Crippen LogP contribution in [0.15, 0.2) is 52.9 Å². The lowest BCUT2D eigenvalue weighted by Crippen LogP contribution is -2.04. The van der Waals surface area contributed by atoms with Crippen LogP contribution in [0.4, 0.5) is 17.6 Å². The van der Waals surface area contributed by atoms with Gasteiger partial charge in [0.1, 0.15) is 5.69 Å². The van der Waals surface area contributed by atoms with E-state index in [-0.39, 0.29) is 22.8 Å². The van der Waals surface area contributed by atoms with E-state index in [1.165, 1.54) is 19.2 Å². The lowest BCUT2D eigenvalue weighted by molar-refractivity contribution is -0.156. The first-order valence-electron chi connectivity index (χ1n) is 6.87. The Labute approximate surface area is 134 Å². The van der Waals surface area contributed by atoms with Gasteiger partial charge < -0.3 is 9.15 Å². The average Bonchev–Trinajstić information content (AvgIpc) is 3.01. The number of aromatic nitrogens is 1. The molecular formula is C17H11F4NO2. The van der Waals surface area contributed by atoms with Crippen LogP contribution in [-0.2, 0) is 6.18 Å². The zero-order valence-electron chi connectivity index (χ0n) is 12.4. The number of alkyl halides is 3. The van der Waals surface area contributed by atoms with Crippen molar-refractivity contribution in [1.82, 2.24) is 4.98 Å². The Bertz CT molecular complexity index is 857. The van der Waals surface area contributed by atoms with Gasteiger partial charge in [-0.15, -0.1) is 0 Å². The van der Waals surface area contributed by atoms with Crippen molar-refractivity contribution in [3.8, 4) is 28.3 Å². The molecule has 0 fully saturated rings. The number of methoxy groups -OCH3 is 1. The number of oxazole rings is 1. The molecule has 0 atom stereocenters. The molecular weight excluding hydrogens is 326 g/mol. The molecule has 0 aliphatic heterocycles. The Hall–Kier alpha value is -2.83. The fraction of sp³-hybridized carbons (Fsp3) is 0.118. The minimum absolute atomic E-state index is 0.00695. The monoisotopic (exact) mass is 337 g/mol. The molecule has 0 saturated carbocycles.